The van der Waals surface area contributed by atoms with Crippen molar-refractivity contribution in [2.45, 2.75) is 17.8 Å². The number of fused-ring (bicyclic) bond motifs is 1. The summed E-state index contributed by atoms with van der Waals surface area (Å²) in [5, 5.41) is 4.10. The predicted molar refractivity (Wildman–Crippen MR) is 128 cm³/mol. The standard InChI is InChI=1S/C24H25N3O6S/c1-31-18-7-5-4-6-16(18)27-23(29)22-17(10-11-34-22)26(24(27)30)14-21(28)25-13-15-8-9-19(32-2)20(12-15)33-3/h4-12,17,22H,13-14H2,1-3H3,(H,25,28). The van der Waals surface area contributed by atoms with E-state index in [0.29, 0.717) is 22.9 Å². The van der Waals surface area contributed by atoms with Gasteiger partial charge < -0.3 is 24.4 Å². The van der Waals surface area contributed by atoms with Crippen LogP contribution in [0.5, 0.6) is 17.2 Å². The molecule has 34 heavy (non-hydrogen) atoms. The van der Waals surface area contributed by atoms with Crippen LogP contribution in [0.2, 0.25) is 0 Å². The monoisotopic (exact) mass is 483 g/mol. The van der Waals surface area contributed by atoms with Crippen LogP contribution in [0.15, 0.2) is 53.9 Å². The van der Waals surface area contributed by atoms with Gasteiger partial charge in [0.1, 0.15) is 17.5 Å². The molecule has 10 heteroatoms. The van der Waals surface area contributed by atoms with Gasteiger partial charge in [-0.15, -0.1) is 11.8 Å². The second kappa shape index (κ2) is 10.1. The molecule has 2 atom stereocenters. The zero-order valence-corrected chi connectivity index (χ0v) is 19.8. The van der Waals surface area contributed by atoms with Crippen LogP contribution in [-0.4, -0.2) is 61.9 Å². The van der Waals surface area contributed by atoms with Crippen LogP contribution in [0.1, 0.15) is 5.56 Å². The molecule has 0 spiro atoms. The van der Waals surface area contributed by atoms with E-state index in [-0.39, 0.29) is 24.9 Å². The topological polar surface area (TPSA) is 97.4 Å². The highest BCUT2D eigenvalue weighted by Crippen LogP contribution is 2.38. The van der Waals surface area contributed by atoms with Gasteiger partial charge in [-0.05, 0) is 35.2 Å². The van der Waals surface area contributed by atoms with Gasteiger partial charge in [-0.2, -0.15) is 0 Å². The predicted octanol–water partition coefficient (Wildman–Crippen LogP) is 2.80. The summed E-state index contributed by atoms with van der Waals surface area (Å²) in [4.78, 5) is 42.0. The van der Waals surface area contributed by atoms with Gasteiger partial charge in [-0.25, -0.2) is 9.69 Å². The van der Waals surface area contributed by atoms with Crippen LogP contribution in [0, 0.1) is 0 Å². The number of imide groups is 1. The Balaban J connectivity index is 1.51. The largest absolute Gasteiger partial charge is 0.495 e. The zero-order valence-electron chi connectivity index (χ0n) is 19.0. The Morgan fingerprint density at radius 2 is 1.74 bits per heavy atom. The maximum atomic E-state index is 13.4. The highest BCUT2D eigenvalue weighted by Gasteiger charge is 2.48. The number of thioether (sulfide) groups is 1. The molecule has 1 N–H and O–H groups in total. The second-order valence-corrected chi connectivity index (χ2v) is 8.65. The van der Waals surface area contributed by atoms with Crippen molar-refractivity contribution in [2.24, 2.45) is 0 Å². The molecule has 2 aromatic carbocycles. The average molecular weight is 484 g/mol. The fraction of sp³-hybridized carbons (Fsp3) is 0.292. The number of carbonyl (C=O) groups is 3. The summed E-state index contributed by atoms with van der Waals surface area (Å²) in [5.74, 6) is 0.867. The Morgan fingerprint density at radius 1 is 1.00 bits per heavy atom. The number of rotatable bonds is 8. The summed E-state index contributed by atoms with van der Waals surface area (Å²) in [5.41, 5.74) is 1.16. The van der Waals surface area contributed by atoms with E-state index in [1.807, 2.05) is 6.07 Å². The molecule has 2 heterocycles. The number of para-hydroxylation sites is 2. The number of ether oxygens (including phenoxy) is 3. The number of hydrogen-bond donors (Lipinski definition) is 1. The lowest BCUT2D eigenvalue weighted by atomic mass is 10.1. The van der Waals surface area contributed by atoms with Gasteiger partial charge >= 0.3 is 6.03 Å². The summed E-state index contributed by atoms with van der Waals surface area (Å²) < 4.78 is 15.9. The van der Waals surface area contributed by atoms with Crippen LogP contribution < -0.4 is 24.4 Å². The molecule has 2 unspecified atom stereocenters. The van der Waals surface area contributed by atoms with Crippen LogP contribution in [0.3, 0.4) is 0 Å². The fourth-order valence-corrected chi connectivity index (χ4v) is 4.99. The lowest BCUT2D eigenvalue weighted by Gasteiger charge is -2.41. The molecule has 0 radical (unpaired) electrons. The minimum atomic E-state index is -0.566. The van der Waals surface area contributed by atoms with Gasteiger partial charge in [-0.1, -0.05) is 24.3 Å². The SMILES string of the molecule is COc1ccc(CNC(=O)CN2C(=O)N(c3ccccc3OC)C(=O)C3SC=CC32)cc1OC. The Morgan fingerprint density at radius 3 is 2.47 bits per heavy atom. The summed E-state index contributed by atoms with van der Waals surface area (Å²) >= 11 is 1.33. The van der Waals surface area contributed by atoms with Crippen molar-refractivity contribution in [1.82, 2.24) is 10.2 Å². The lowest BCUT2D eigenvalue weighted by molar-refractivity contribution is -0.124. The van der Waals surface area contributed by atoms with Crippen LogP contribution in [0.25, 0.3) is 0 Å². The third-order valence-corrected chi connectivity index (χ3v) is 6.74. The van der Waals surface area contributed by atoms with E-state index < -0.39 is 17.3 Å². The lowest BCUT2D eigenvalue weighted by Crippen LogP contribution is -2.63. The van der Waals surface area contributed by atoms with Crippen molar-refractivity contribution >= 4 is 35.3 Å². The number of urea groups is 1. The van der Waals surface area contributed by atoms with E-state index in [2.05, 4.69) is 5.32 Å². The van der Waals surface area contributed by atoms with E-state index in [9.17, 15) is 14.4 Å². The van der Waals surface area contributed by atoms with E-state index in [0.717, 1.165) is 10.5 Å². The zero-order chi connectivity index (χ0) is 24.2. The third-order valence-electron chi connectivity index (χ3n) is 5.65. The van der Waals surface area contributed by atoms with Crippen LogP contribution in [-0.2, 0) is 16.1 Å². The Kier molecular flexibility index (Phi) is 6.97. The number of benzene rings is 2. The smallest absolute Gasteiger partial charge is 0.332 e. The molecule has 0 aromatic heterocycles. The number of anilines is 1. The molecule has 1 saturated heterocycles. The van der Waals surface area contributed by atoms with Crippen molar-refractivity contribution in [2.75, 3.05) is 32.8 Å². The van der Waals surface area contributed by atoms with Gasteiger partial charge in [0, 0.05) is 6.54 Å². The maximum absolute atomic E-state index is 13.4. The van der Waals surface area contributed by atoms with Gasteiger partial charge in [-0.3, -0.25) is 9.59 Å². The minimum absolute atomic E-state index is 0.197. The third kappa shape index (κ3) is 4.41. The summed E-state index contributed by atoms with van der Waals surface area (Å²) in [6.45, 7) is 0.0478. The molecule has 2 aromatic rings. The molecule has 4 rings (SSSR count). The molecule has 2 aliphatic heterocycles. The first-order valence-electron chi connectivity index (χ1n) is 10.6. The molecular formula is C24H25N3O6S. The van der Waals surface area contributed by atoms with Gasteiger partial charge in [0.05, 0.1) is 33.1 Å². The molecular weight excluding hydrogens is 458 g/mol. The summed E-state index contributed by atoms with van der Waals surface area (Å²) in [6.07, 6.45) is 1.78. The summed E-state index contributed by atoms with van der Waals surface area (Å²) in [6, 6.07) is 11.1. The van der Waals surface area contributed by atoms with Crippen molar-refractivity contribution in [3.8, 4) is 17.2 Å². The first-order chi connectivity index (χ1) is 16.5. The molecule has 9 nitrogen and oxygen atoms in total. The van der Waals surface area contributed by atoms with E-state index >= 15 is 0 Å². The number of hydrogen-bond acceptors (Lipinski definition) is 7. The highest BCUT2D eigenvalue weighted by molar-refractivity contribution is 8.03. The molecule has 0 saturated carbocycles. The second-order valence-electron chi connectivity index (χ2n) is 7.60. The first-order valence-corrected chi connectivity index (χ1v) is 11.5. The van der Waals surface area contributed by atoms with Crippen LogP contribution >= 0.6 is 11.8 Å². The molecule has 4 amide bonds. The molecule has 1 fully saturated rings. The van der Waals surface area contributed by atoms with Crippen LogP contribution in [0.4, 0.5) is 10.5 Å². The Labute approximate surface area is 201 Å². The van der Waals surface area contributed by atoms with Crippen molar-refractivity contribution in [1.29, 1.82) is 0 Å². The molecule has 2 aliphatic rings. The molecule has 0 aliphatic carbocycles. The summed E-state index contributed by atoms with van der Waals surface area (Å²) in [7, 11) is 4.57. The van der Waals surface area contributed by atoms with Crippen molar-refractivity contribution in [3.05, 3.63) is 59.5 Å². The van der Waals surface area contributed by atoms with Gasteiger partial charge in [0.2, 0.25) is 5.91 Å². The highest BCUT2D eigenvalue weighted by atomic mass is 32.2. The first kappa shape index (κ1) is 23.5. The Hall–Kier alpha value is -3.66. The van der Waals surface area contributed by atoms with Crippen molar-refractivity contribution in [3.63, 3.8) is 0 Å². The Bertz CT molecular complexity index is 1140. The minimum Gasteiger partial charge on any atom is -0.495 e. The number of nitrogens with one attached hydrogen (secondary N) is 1. The quantitative estimate of drug-likeness (QED) is 0.617. The van der Waals surface area contributed by atoms with E-state index in [1.165, 1.54) is 23.8 Å². The number of amides is 4. The average Bonchev–Trinajstić information content (AvgIpc) is 3.35. The van der Waals surface area contributed by atoms with E-state index in [1.54, 1.807) is 62.1 Å². The maximum Gasteiger partial charge on any atom is 0.332 e. The molecule has 0 bridgehead atoms. The van der Waals surface area contributed by atoms with E-state index in [4.69, 9.17) is 14.2 Å². The van der Waals surface area contributed by atoms with Gasteiger partial charge in [0.25, 0.3) is 5.91 Å². The number of carbonyl (C=O) groups excluding carboxylic acids is 3. The fourth-order valence-electron chi connectivity index (χ4n) is 3.95. The molecule has 178 valence electrons. The normalized spacial score (nSPS) is 19.1. The van der Waals surface area contributed by atoms with Gasteiger partial charge in [0.15, 0.2) is 11.5 Å². The van der Waals surface area contributed by atoms with Crippen molar-refractivity contribution < 1.29 is 28.6 Å². The number of methoxy groups -OCH3 is 3. The number of nitrogens with zero attached hydrogens (tertiary/aromatic N) is 2.